The number of nitrogens with two attached hydrogens (primary N) is 1. The number of rotatable bonds is 4. The van der Waals surface area contributed by atoms with Crippen LogP contribution in [0.2, 0.25) is 0 Å². The van der Waals surface area contributed by atoms with Gasteiger partial charge in [0.05, 0.1) is 24.4 Å². The van der Waals surface area contributed by atoms with Crippen molar-refractivity contribution in [2.75, 3.05) is 24.3 Å². The molecular formula is C9H14BrN3O2. The van der Waals surface area contributed by atoms with E-state index in [0.29, 0.717) is 11.5 Å². The number of nitrogens with zero attached hydrogens (tertiary/aromatic N) is 1. The van der Waals surface area contributed by atoms with Gasteiger partial charge < -0.3 is 21.3 Å². The van der Waals surface area contributed by atoms with E-state index in [0.717, 1.165) is 4.47 Å². The molecule has 0 unspecified atom stereocenters. The molecule has 1 aromatic rings. The Morgan fingerprint density at radius 1 is 1.53 bits per heavy atom. The Morgan fingerprint density at radius 2 is 2.13 bits per heavy atom. The second-order valence-electron chi connectivity index (χ2n) is 3.59. The van der Waals surface area contributed by atoms with Gasteiger partial charge in [-0.2, -0.15) is 0 Å². The van der Waals surface area contributed by atoms with Gasteiger partial charge >= 0.3 is 0 Å². The zero-order chi connectivity index (χ0) is 11.5. The van der Waals surface area contributed by atoms with Crippen LogP contribution in [0.3, 0.4) is 0 Å². The van der Waals surface area contributed by atoms with Crippen molar-refractivity contribution >= 4 is 27.4 Å². The number of nitrogens with one attached hydrogen (secondary N) is 1. The molecule has 0 amide bonds. The van der Waals surface area contributed by atoms with E-state index in [2.05, 4.69) is 26.2 Å². The Kier molecular flexibility index (Phi) is 3.90. The number of aliphatic hydroxyl groups excluding tert-OH is 2. The summed E-state index contributed by atoms with van der Waals surface area (Å²) in [7, 11) is 0. The third-order valence-corrected chi connectivity index (χ3v) is 2.44. The molecule has 5 N–H and O–H groups in total. The van der Waals surface area contributed by atoms with Crippen molar-refractivity contribution in [1.82, 2.24) is 4.98 Å². The van der Waals surface area contributed by atoms with Gasteiger partial charge in [-0.3, -0.25) is 0 Å². The van der Waals surface area contributed by atoms with E-state index >= 15 is 0 Å². The molecule has 6 heteroatoms. The normalized spacial score (nSPS) is 11.5. The smallest absolute Gasteiger partial charge is 0.149 e. The lowest BCUT2D eigenvalue weighted by Gasteiger charge is -2.27. The van der Waals surface area contributed by atoms with Gasteiger partial charge in [-0.25, -0.2) is 4.98 Å². The summed E-state index contributed by atoms with van der Waals surface area (Å²) in [6, 6.07) is 1.70. The minimum absolute atomic E-state index is 0.208. The monoisotopic (exact) mass is 275 g/mol. The maximum absolute atomic E-state index is 9.09. The summed E-state index contributed by atoms with van der Waals surface area (Å²) in [5.41, 5.74) is 5.35. The van der Waals surface area contributed by atoms with Gasteiger partial charge in [0.25, 0.3) is 0 Å². The third kappa shape index (κ3) is 3.05. The molecule has 0 aliphatic carbocycles. The molecule has 0 saturated heterocycles. The van der Waals surface area contributed by atoms with Crippen LogP contribution >= 0.6 is 15.9 Å². The number of aromatic nitrogens is 1. The predicted molar refractivity (Wildman–Crippen MR) is 62.5 cm³/mol. The molecule has 0 saturated carbocycles. The molecule has 0 aliphatic rings. The summed E-state index contributed by atoms with van der Waals surface area (Å²) in [5, 5.41) is 21.1. The summed E-state index contributed by atoms with van der Waals surface area (Å²) >= 11 is 3.24. The second-order valence-corrected chi connectivity index (χ2v) is 4.51. The number of halogens is 1. The topological polar surface area (TPSA) is 91.4 Å². The van der Waals surface area contributed by atoms with Crippen LogP contribution < -0.4 is 11.1 Å². The van der Waals surface area contributed by atoms with Crippen molar-refractivity contribution in [3.63, 3.8) is 0 Å². The van der Waals surface area contributed by atoms with E-state index in [9.17, 15) is 0 Å². The largest absolute Gasteiger partial charge is 0.396 e. The fraction of sp³-hybridized carbons (Fsp3) is 0.444. The highest BCUT2D eigenvalue weighted by atomic mass is 79.9. The fourth-order valence-corrected chi connectivity index (χ4v) is 1.32. The maximum Gasteiger partial charge on any atom is 0.149 e. The number of pyridine rings is 1. The van der Waals surface area contributed by atoms with E-state index in [1.165, 1.54) is 0 Å². The van der Waals surface area contributed by atoms with Crippen molar-refractivity contribution in [3.05, 3.63) is 16.7 Å². The highest BCUT2D eigenvalue weighted by Gasteiger charge is 2.23. The van der Waals surface area contributed by atoms with Crippen molar-refractivity contribution in [1.29, 1.82) is 0 Å². The van der Waals surface area contributed by atoms with Crippen molar-refractivity contribution in [2.24, 2.45) is 0 Å². The van der Waals surface area contributed by atoms with Crippen LogP contribution in [0, 0.1) is 0 Å². The Labute approximate surface area is 96.5 Å². The number of hydrogen-bond donors (Lipinski definition) is 4. The average molecular weight is 276 g/mol. The van der Waals surface area contributed by atoms with Crippen LogP contribution in [-0.4, -0.2) is 33.9 Å². The molecule has 1 heterocycles. The van der Waals surface area contributed by atoms with Crippen LogP contribution in [0.25, 0.3) is 0 Å². The summed E-state index contributed by atoms with van der Waals surface area (Å²) < 4.78 is 0.778. The SMILES string of the molecule is CC(CO)(CO)Nc1ncc(Br)cc1N. The zero-order valence-corrected chi connectivity index (χ0v) is 9.95. The zero-order valence-electron chi connectivity index (χ0n) is 8.37. The van der Waals surface area contributed by atoms with Gasteiger partial charge in [0.1, 0.15) is 5.82 Å². The van der Waals surface area contributed by atoms with Gasteiger partial charge in [0.2, 0.25) is 0 Å². The highest BCUT2D eigenvalue weighted by molar-refractivity contribution is 9.10. The molecule has 0 spiro atoms. The third-order valence-electron chi connectivity index (χ3n) is 2.00. The molecule has 0 atom stereocenters. The molecule has 0 fully saturated rings. The Balaban J connectivity index is 2.89. The number of hydrogen-bond acceptors (Lipinski definition) is 5. The van der Waals surface area contributed by atoms with Crippen LogP contribution in [-0.2, 0) is 0 Å². The van der Waals surface area contributed by atoms with Gasteiger partial charge in [-0.1, -0.05) is 0 Å². The molecule has 1 aromatic heterocycles. The lowest BCUT2D eigenvalue weighted by molar-refractivity contribution is 0.147. The maximum atomic E-state index is 9.09. The lowest BCUT2D eigenvalue weighted by atomic mass is 10.1. The minimum Gasteiger partial charge on any atom is -0.396 e. The first-order valence-electron chi connectivity index (χ1n) is 4.42. The van der Waals surface area contributed by atoms with Gasteiger partial charge in [-0.05, 0) is 28.9 Å². The number of anilines is 2. The molecule has 15 heavy (non-hydrogen) atoms. The molecule has 1 rings (SSSR count). The average Bonchev–Trinajstić information content (AvgIpc) is 2.22. The van der Waals surface area contributed by atoms with E-state index < -0.39 is 5.54 Å². The van der Waals surface area contributed by atoms with Crippen molar-refractivity contribution < 1.29 is 10.2 Å². The fourth-order valence-electron chi connectivity index (χ4n) is 0.974. The highest BCUT2D eigenvalue weighted by Crippen LogP contribution is 2.22. The van der Waals surface area contributed by atoms with Gasteiger partial charge in [0, 0.05) is 10.7 Å². The van der Waals surface area contributed by atoms with E-state index in [1.54, 1.807) is 19.2 Å². The van der Waals surface area contributed by atoms with Crippen LogP contribution in [0.5, 0.6) is 0 Å². The van der Waals surface area contributed by atoms with E-state index in [1.807, 2.05) is 0 Å². The second kappa shape index (κ2) is 4.78. The van der Waals surface area contributed by atoms with Crippen LogP contribution in [0.4, 0.5) is 11.5 Å². The lowest BCUT2D eigenvalue weighted by Crippen LogP contribution is -2.43. The predicted octanol–water partition coefficient (Wildman–Crippen LogP) is 0.581. The summed E-state index contributed by atoms with van der Waals surface area (Å²) in [6.07, 6.45) is 1.59. The summed E-state index contributed by atoms with van der Waals surface area (Å²) in [6.45, 7) is 1.26. The van der Waals surface area contributed by atoms with Gasteiger partial charge in [0.15, 0.2) is 0 Å². The van der Waals surface area contributed by atoms with E-state index in [-0.39, 0.29) is 13.2 Å². The first-order valence-corrected chi connectivity index (χ1v) is 5.21. The molecule has 5 nitrogen and oxygen atoms in total. The minimum atomic E-state index is -0.824. The van der Waals surface area contributed by atoms with Crippen LogP contribution in [0.15, 0.2) is 16.7 Å². The first-order chi connectivity index (χ1) is 7.00. The van der Waals surface area contributed by atoms with Gasteiger partial charge in [-0.15, -0.1) is 0 Å². The summed E-state index contributed by atoms with van der Waals surface area (Å²) in [4.78, 5) is 4.05. The Bertz CT molecular complexity index is 342. The molecule has 84 valence electrons. The van der Waals surface area contributed by atoms with Crippen LogP contribution in [0.1, 0.15) is 6.92 Å². The standard InChI is InChI=1S/C9H14BrN3O2/c1-9(4-14,5-15)13-8-7(11)2-6(10)3-12-8/h2-3,14-15H,4-5,11H2,1H3,(H,12,13). The molecule has 0 aliphatic heterocycles. The molecule has 0 bridgehead atoms. The molecule has 0 radical (unpaired) electrons. The number of nitrogen functional groups attached to an aromatic ring is 1. The first kappa shape index (κ1) is 12.2. The van der Waals surface area contributed by atoms with E-state index in [4.69, 9.17) is 15.9 Å². The number of aliphatic hydroxyl groups is 2. The quantitative estimate of drug-likeness (QED) is 0.645. The van der Waals surface area contributed by atoms with Crippen molar-refractivity contribution in [2.45, 2.75) is 12.5 Å². The Morgan fingerprint density at radius 3 is 2.60 bits per heavy atom. The molecule has 0 aromatic carbocycles. The summed E-state index contributed by atoms with van der Waals surface area (Å²) in [5.74, 6) is 0.448. The van der Waals surface area contributed by atoms with Crippen molar-refractivity contribution in [3.8, 4) is 0 Å². The Hall–Kier alpha value is -0.850. The molecular weight excluding hydrogens is 262 g/mol.